The standard InChI is InChI=1S/C24H19Cl3F3N3O9S/c25-24(26,27)8-40-43(38,39)42-20-12(29)3-11(28)9(16(20)30)5-31-21(36)10-6-32-7-15-33(22(37)17(32)19(35)18(10)34)13-4-23(13)2-1-14(23)41-15/h3,6,13-15,35H,1-2,4-5,7-8H2,(H,31,36)/t13-,14-,15-,23?/m1/s1. The zero-order valence-electron chi connectivity index (χ0n) is 21.4. The number of rotatable bonds is 7. The van der Waals surface area contributed by atoms with Crippen molar-refractivity contribution in [2.45, 2.75) is 54.5 Å². The van der Waals surface area contributed by atoms with E-state index in [4.69, 9.17) is 39.5 Å². The predicted octanol–water partition coefficient (Wildman–Crippen LogP) is 2.64. The van der Waals surface area contributed by atoms with Gasteiger partial charge >= 0.3 is 10.4 Å². The first-order valence-corrected chi connectivity index (χ1v) is 15.0. The van der Waals surface area contributed by atoms with Gasteiger partial charge in [-0.3, -0.25) is 14.4 Å². The summed E-state index contributed by atoms with van der Waals surface area (Å²) in [5.74, 6) is -9.63. The van der Waals surface area contributed by atoms with Crippen molar-refractivity contribution < 1.29 is 49.4 Å². The summed E-state index contributed by atoms with van der Waals surface area (Å²) in [4.78, 5) is 40.6. The smallest absolute Gasteiger partial charge is 0.449 e. The molecular weight excluding hydrogens is 670 g/mol. The third-order valence-electron chi connectivity index (χ3n) is 8.05. The van der Waals surface area contributed by atoms with Gasteiger partial charge in [-0.05, 0) is 19.3 Å². The number of benzene rings is 1. The Balaban J connectivity index is 1.22. The SMILES string of the molecule is O=C(NCc1c(F)cc(F)c(OS(=O)(=O)OCC(Cl)(Cl)Cl)c1F)c1cn2c(c(O)c1=O)C(=O)N1[C@@H](C2)O[C@@H]2CCC23C[C@@H]13. The monoisotopic (exact) mass is 687 g/mol. The average molecular weight is 689 g/mol. The molecule has 3 heterocycles. The van der Waals surface area contributed by atoms with Crippen LogP contribution in [0.15, 0.2) is 17.1 Å². The van der Waals surface area contributed by atoms with Gasteiger partial charge in [0.05, 0.1) is 12.6 Å². The predicted molar refractivity (Wildman–Crippen MR) is 141 cm³/mol. The maximum atomic E-state index is 15.0. The number of halogens is 6. The number of hydrogen-bond donors (Lipinski definition) is 2. The number of nitrogens with zero attached hydrogens (tertiary/aromatic N) is 2. The molecule has 2 aliphatic heterocycles. The van der Waals surface area contributed by atoms with Gasteiger partial charge < -0.3 is 28.8 Å². The number of hydrogen-bond acceptors (Lipinski definition) is 9. The summed E-state index contributed by atoms with van der Waals surface area (Å²) in [6, 6.07) is 0.0245. The molecule has 4 atom stereocenters. The molecule has 2 N–H and O–H groups in total. The van der Waals surface area contributed by atoms with Crippen molar-refractivity contribution in [1.82, 2.24) is 14.8 Å². The van der Waals surface area contributed by atoms with E-state index in [1.54, 1.807) is 0 Å². The third kappa shape index (κ3) is 5.11. The van der Waals surface area contributed by atoms with Crippen LogP contribution in [0.4, 0.5) is 13.2 Å². The molecule has 1 unspecified atom stereocenters. The fraction of sp³-hybridized carbons (Fsp3) is 0.458. The summed E-state index contributed by atoms with van der Waals surface area (Å²) in [6.45, 7) is -2.11. The van der Waals surface area contributed by atoms with Crippen molar-refractivity contribution in [3.63, 3.8) is 0 Å². The second-order valence-electron chi connectivity index (χ2n) is 10.5. The van der Waals surface area contributed by atoms with E-state index in [-0.39, 0.29) is 35.9 Å². The number of fused-ring (bicyclic) bond motifs is 3. The van der Waals surface area contributed by atoms with Gasteiger partial charge in [0.15, 0.2) is 29.3 Å². The Bertz CT molecular complexity index is 1750. The van der Waals surface area contributed by atoms with Crippen molar-refractivity contribution in [3.05, 3.63) is 56.8 Å². The van der Waals surface area contributed by atoms with Crippen molar-refractivity contribution >= 4 is 57.0 Å². The Labute approximate surface area is 255 Å². The molecule has 0 bridgehead atoms. The highest BCUT2D eigenvalue weighted by molar-refractivity contribution is 7.82. The van der Waals surface area contributed by atoms with Crippen LogP contribution in [0.3, 0.4) is 0 Å². The van der Waals surface area contributed by atoms with Crippen LogP contribution in [-0.4, -0.2) is 63.6 Å². The average Bonchev–Trinajstić information content (AvgIpc) is 3.67. The molecule has 1 aromatic carbocycles. The van der Waals surface area contributed by atoms with Crippen LogP contribution in [0, 0.1) is 22.9 Å². The zero-order chi connectivity index (χ0) is 31.2. The van der Waals surface area contributed by atoms with Gasteiger partial charge in [-0.15, -0.1) is 0 Å². The summed E-state index contributed by atoms with van der Waals surface area (Å²) < 4.78 is 81.1. The zero-order valence-corrected chi connectivity index (χ0v) is 24.5. The van der Waals surface area contributed by atoms with E-state index >= 15 is 4.39 Å². The van der Waals surface area contributed by atoms with E-state index in [1.165, 1.54) is 9.47 Å². The van der Waals surface area contributed by atoms with Crippen LogP contribution < -0.4 is 14.9 Å². The fourth-order valence-corrected chi connectivity index (χ4v) is 6.92. The molecule has 3 fully saturated rings. The van der Waals surface area contributed by atoms with Gasteiger partial charge in [-0.25, -0.2) is 17.4 Å². The second-order valence-corrected chi connectivity index (χ2v) is 14.3. The molecule has 2 aromatic rings. The van der Waals surface area contributed by atoms with Crippen LogP contribution in [-0.2, 0) is 32.4 Å². The maximum absolute atomic E-state index is 15.0. The lowest BCUT2D eigenvalue weighted by Gasteiger charge is -2.50. The van der Waals surface area contributed by atoms with Gasteiger partial charge in [0.1, 0.15) is 18.0 Å². The van der Waals surface area contributed by atoms with Gasteiger partial charge in [0, 0.05) is 35.8 Å². The normalized spacial score (nSPS) is 25.6. The number of carbonyl (C=O) groups excluding carboxylic acids is 2. The van der Waals surface area contributed by atoms with Crippen LogP contribution >= 0.6 is 34.8 Å². The number of amides is 2. The summed E-state index contributed by atoms with van der Waals surface area (Å²) in [5.41, 5.74) is -3.36. The molecule has 6 rings (SSSR count). The number of pyridine rings is 1. The van der Waals surface area contributed by atoms with Crippen molar-refractivity contribution in [3.8, 4) is 11.5 Å². The van der Waals surface area contributed by atoms with Gasteiger partial charge in [-0.1, -0.05) is 34.8 Å². The molecule has 19 heteroatoms. The van der Waals surface area contributed by atoms with E-state index < -0.39 is 90.9 Å². The Morgan fingerprint density at radius 3 is 2.60 bits per heavy atom. The third-order valence-corrected chi connectivity index (χ3v) is 9.15. The lowest BCUT2D eigenvalue weighted by molar-refractivity contribution is -0.196. The largest absolute Gasteiger partial charge is 0.503 e. The lowest BCUT2D eigenvalue weighted by atomic mass is 9.76. The molecule has 2 aliphatic carbocycles. The minimum atomic E-state index is -5.21. The first kappa shape index (κ1) is 30.3. The Morgan fingerprint density at radius 1 is 1.23 bits per heavy atom. The quantitative estimate of drug-likeness (QED) is 0.418. The van der Waals surface area contributed by atoms with E-state index in [2.05, 4.69) is 8.37 Å². The van der Waals surface area contributed by atoms with Gasteiger partial charge in [0.25, 0.3) is 11.8 Å². The molecule has 0 radical (unpaired) electrons. The number of nitrogens with one attached hydrogen (secondary N) is 1. The van der Waals surface area contributed by atoms with E-state index in [0.717, 1.165) is 25.5 Å². The van der Waals surface area contributed by atoms with Crippen molar-refractivity contribution in [2.24, 2.45) is 5.41 Å². The Hall–Kier alpha value is -2.76. The van der Waals surface area contributed by atoms with E-state index in [9.17, 15) is 36.7 Å². The van der Waals surface area contributed by atoms with Crippen molar-refractivity contribution in [1.29, 1.82) is 0 Å². The molecule has 232 valence electrons. The summed E-state index contributed by atoms with van der Waals surface area (Å²) >= 11 is 16.1. The Morgan fingerprint density at radius 2 is 1.95 bits per heavy atom. The summed E-state index contributed by atoms with van der Waals surface area (Å²) in [7, 11) is -5.21. The number of carbonyl (C=O) groups is 2. The number of aromatic hydroxyl groups is 1. The van der Waals surface area contributed by atoms with Crippen molar-refractivity contribution in [2.75, 3.05) is 6.61 Å². The van der Waals surface area contributed by atoms with E-state index in [1.807, 2.05) is 5.32 Å². The van der Waals surface area contributed by atoms with Gasteiger partial charge in [0.2, 0.25) is 15.0 Å². The molecular formula is C24H19Cl3F3N3O9S. The molecule has 12 nitrogen and oxygen atoms in total. The minimum absolute atomic E-state index is 0.00527. The van der Waals surface area contributed by atoms with Crippen LogP contribution in [0.2, 0.25) is 0 Å². The maximum Gasteiger partial charge on any atom is 0.449 e. The number of aromatic nitrogens is 1. The molecule has 2 saturated carbocycles. The number of alkyl halides is 3. The topological polar surface area (TPSA) is 153 Å². The molecule has 1 saturated heterocycles. The van der Waals surface area contributed by atoms with E-state index in [0.29, 0.717) is 0 Å². The molecule has 2 amide bonds. The summed E-state index contributed by atoms with van der Waals surface area (Å²) in [6.07, 6.45) is 2.86. The molecule has 1 spiro atoms. The summed E-state index contributed by atoms with van der Waals surface area (Å²) in [5, 5.41) is 12.7. The van der Waals surface area contributed by atoms with Crippen LogP contribution in [0.25, 0.3) is 0 Å². The molecule has 4 aliphatic rings. The Kier molecular flexibility index (Phi) is 7.14. The van der Waals surface area contributed by atoms with Crippen LogP contribution in [0.5, 0.6) is 11.5 Å². The highest BCUT2D eigenvalue weighted by atomic mass is 35.6. The lowest BCUT2D eigenvalue weighted by Crippen LogP contribution is -2.61. The minimum Gasteiger partial charge on any atom is -0.503 e. The first-order valence-electron chi connectivity index (χ1n) is 12.6. The highest BCUT2D eigenvalue weighted by Gasteiger charge is 2.72. The number of ether oxygens (including phenoxy) is 1. The molecule has 1 aromatic heterocycles. The first-order chi connectivity index (χ1) is 20.0. The highest BCUT2D eigenvalue weighted by Crippen LogP contribution is 2.67. The second kappa shape index (κ2) is 10.1. The van der Waals surface area contributed by atoms with Gasteiger partial charge in [-0.2, -0.15) is 8.42 Å². The van der Waals surface area contributed by atoms with Crippen LogP contribution in [0.1, 0.15) is 45.7 Å². The fourth-order valence-electron chi connectivity index (χ4n) is 5.84. The molecule has 43 heavy (non-hydrogen) atoms.